The number of ether oxygens (including phenoxy) is 2. The monoisotopic (exact) mass is 431 g/mol. The molecule has 27 heavy (non-hydrogen) atoms. The lowest BCUT2D eigenvalue weighted by molar-refractivity contribution is 0.354. The van der Waals surface area contributed by atoms with Crippen LogP contribution in [0.2, 0.25) is 0 Å². The van der Waals surface area contributed by atoms with Crippen LogP contribution in [-0.4, -0.2) is 53.9 Å². The Hall–Kier alpha value is -1.62. The van der Waals surface area contributed by atoms with Crippen molar-refractivity contribution in [1.29, 1.82) is 0 Å². The third-order valence-corrected chi connectivity index (χ3v) is 10.1. The van der Waals surface area contributed by atoms with Crippen LogP contribution in [0.1, 0.15) is 5.56 Å². The molecule has 10 heteroatoms. The van der Waals surface area contributed by atoms with E-state index in [0.717, 1.165) is 16.9 Å². The van der Waals surface area contributed by atoms with Crippen molar-refractivity contribution in [2.24, 2.45) is 0 Å². The fourth-order valence-electron chi connectivity index (χ4n) is 3.13. The molecule has 0 bridgehead atoms. The molecule has 1 aromatic carbocycles. The number of methoxy groups -OCH3 is 2. The molecule has 7 nitrogen and oxygen atoms in total. The Morgan fingerprint density at radius 1 is 1.15 bits per heavy atom. The zero-order chi connectivity index (χ0) is 19.7. The van der Waals surface area contributed by atoms with Crippen LogP contribution in [0.25, 0.3) is 0 Å². The molecule has 3 rings (SSSR count). The molecule has 0 radical (unpaired) electrons. The van der Waals surface area contributed by atoms with Gasteiger partial charge in [-0.05, 0) is 29.1 Å². The first-order chi connectivity index (χ1) is 12.8. The average Bonchev–Trinajstić information content (AvgIpc) is 3.28. The number of benzene rings is 1. The predicted octanol–water partition coefficient (Wildman–Crippen LogP) is 1.49. The molecule has 1 aromatic heterocycles. The smallest absolute Gasteiger partial charge is 0.193 e. The molecule has 2 heterocycles. The summed E-state index contributed by atoms with van der Waals surface area (Å²) in [6.07, 6.45) is 0. The van der Waals surface area contributed by atoms with Crippen LogP contribution in [0.3, 0.4) is 0 Å². The molecule has 0 amide bonds. The van der Waals surface area contributed by atoms with E-state index in [9.17, 15) is 16.8 Å². The summed E-state index contributed by atoms with van der Waals surface area (Å²) in [4.78, 5) is 0. The van der Waals surface area contributed by atoms with Gasteiger partial charge in [0.15, 0.2) is 31.2 Å². The fourth-order valence-corrected chi connectivity index (χ4v) is 9.07. The highest BCUT2D eigenvalue weighted by molar-refractivity contribution is 7.97. The molecule has 0 saturated carbocycles. The zero-order valence-electron chi connectivity index (χ0n) is 14.9. The summed E-state index contributed by atoms with van der Waals surface area (Å²) in [5.74, 6) is 0.577. The second kappa shape index (κ2) is 7.78. The van der Waals surface area contributed by atoms with Gasteiger partial charge in [-0.25, -0.2) is 16.8 Å². The number of hydrogen-bond donors (Lipinski definition) is 1. The van der Waals surface area contributed by atoms with Crippen LogP contribution < -0.4 is 14.8 Å². The highest BCUT2D eigenvalue weighted by Crippen LogP contribution is 2.30. The lowest BCUT2D eigenvalue weighted by Gasteiger charge is -2.19. The Labute approximate surface area is 163 Å². The normalized spacial score (nSPS) is 21.9. The second-order valence-electron chi connectivity index (χ2n) is 6.27. The van der Waals surface area contributed by atoms with E-state index in [1.165, 1.54) is 13.2 Å². The maximum Gasteiger partial charge on any atom is 0.193 e. The third-order valence-electron chi connectivity index (χ3n) is 4.49. The number of thiophene rings is 1. The van der Waals surface area contributed by atoms with E-state index >= 15 is 0 Å². The summed E-state index contributed by atoms with van der Waals surface area (Å²) < 4.78 is 60.6. The molecule has 148 valence electrons. The second-order valence-corrected chi connectivity index (χ2v) is 11.8. The molecule has 1 saturated heterocycles. The van der Waals surface area contributed by atoms with Gasteiger partial charge in [0.25, 0.3) is 0 Å². The minimum Gasteiger partial charge on any atom is -0.493 e. The van der Waals surface area contributed by atoms with Gasteiger partial charge in [-0.3, -0.25) is 0 Å². The van der Waals surface area contributed by atoms with Crippen LogP contribution >= 0.6 is 11.3 Å². The van der Waals surface area contributed by atoms with Gasteiger partial charge in [0.2, 0.25) is 0 Å². The van der Waals surface area contributed by atoms with Gasteiger partial charge in [0.05, 0.1) is 31.0 Å². The number of rotatable bonds is 7. The van der Waals surface area contributed by atoms with Crippen molar-refractivity contribution in [3.63, 3.8) is 0 Å². The Bertz CT molecular complexity index is 999. The van der Waals surface area contributed by atoms with Crippen LogP contribution in [0, 0.1) is 0 Å². The van der Waals surface area contributed by atoms with E-state index in [2.05, 4.69) is 5.32 Å². The van der Waals surface area contributed by atoms with Gasteiger partial charge >= 0.3 is 0 Å². The number of sulfone groups is 2. The van der Waals surface area contributed by atoms with Crippen LogP contribution in [0.4, 0.5) is 0 Å². The first kappa shape index (κ1) is 20.1. The molecule has 1 aliphatic heterocycles. The summed E-state index contributed by atoms with van der Waals surface area (Å²) in [7, 11) is -4.07. The molecule has 1 N–H and O–H groups in total. The first-order valence-corrected chi connectivity index (χ1v) is 12.4. The zero-order valence-corrected chi connectivity index (χ0v) is 17.4. The molecular formula is C17H21NO6S3. The van der Waals surface area contributed by atoms with Crippen molar-refractivity contribution < 1.29 is 26.3 Å². The molecular weight excluding hydrogens is 410 g/mol. The Morgan fingerprint density at radius 3 is 2.52 bits per heavy atom. The third kappa shape index (κ3) is 4.29. The van der Waals surface area contributed by atoms with Crippen LogP contribution in [0.15, 0.2) is 39.9 Å². The van der Waals surface area contributed by atoms with Gasteiger partial charge in [0, 0.05) is 12.6 Å². The van der Waals surface area contributed by atoms with Gasteiger partial charge in [0.1, 0.15) is 4.21 Å². The maximum atomic E-state index is 12.9. The van der Waals surface area contributed by atoms with Gasteiger partial charge < -0.3 is 14.8 Å². The molecule has 2 atom stereocenters. The van der Waals surface area contributed by atoms with Crippen LogP contribution in [0.5, 0.6) is 11.5 Å². The first-order valence-electron chi connectivity index (χ1n) is 8.19. The summed E-state index contributed by atoms with van der Waals surface area (Å²) in [6.45, 7) is 0.316. The Balaban J connectivity index is 1.80. The van der Waals surface area contributed by atoms with Crippen molar-refractivity contribution in [3.8, 4) is 11.5 Å². The van der Waals surface area contributed by atoms with E-state index < -0.39 is 31.0 Å². The summed E-state index contributed by atoms with van der Waals surface area (Å²) in [5.41, 5.74) is 0.837. The maximum absolute atomic E-state index is 12.9. The lowest BCUT2D eigenvalue weighted by Crippen LogP contribution is -2.42. The molecule has 0 aliphatic carbocycles. The number of nitrogens with one attached hydrogen (secondary N) is 1. The quantitative estimate of drug-likeness (QED) is 0.709. The minimum atomic E-state index is -3.71. The summed E-state index contributed by atoms with van der Waals surface area (Å²) >= 11 is 1.10. The standard InChI is InChI=1S/C17H21NO6S3/c1-23-14-6-5-12(8-15(14)24-2)9-18-13-10-26(19,20)11-16(13)27(21,22)17-4-3-7-25-17/h3-8,13,16,18H,9-11H2,1-2H3. The van der Waals surface area contributed by atoms with Crippen molar-refractivity contribution in [2.75, 3.05) is 25.7 Å². The van der Waals surface area contributed by atoms with Crippen LogP contribution in [-0.2, 0) is 26.2 Å². The van der Waals surface area contributed by atoms with Crippen molar-refractivity contribution in [1.82, 2.24) is 5.32 Å². The average molecular weight is 432 g/mol. The van der Waals surface area contributed by atoms with Gasteiger partial charge in [-0.15, -0.1) is 11.3 Å². The summed E-state index contributed by atoms with van der Waals surface area (Å²) in [5, 5.41) is 3.78. The Morgan fingerprint density at radius 2 is 1.89 bits per heavy atom. The summed E-state index contributed by atoms with van der Waals surface area (Å²) in [6, 6.07) is 7.83. The van der Waals surface area contributed by atoms with Crippen molar-refractivity contribution in [3.05, 3.63) is 41.3 Å². The fraction of sp³-hybridized carbons (Fsp3) is 0.412. The van der Waals surface area contributed by atoms with E-state index in [0.29, 0.717) is 18.0 Å². The SMILES string of the molecule is COc1ccc(CNC2CS(=O)(=O)CC2S(=O)(=O)c2cccs2)cc1OC. The highest BCUT2D eigenvalue weighted by atomic mass is 32.2. The largest absolute Gasteiger partial charge is 0.493 e. The molecule has 2 aromatic rings. The molecule has 1 aliphatic rings. The highest BCUT2D eigenvalue weighted by Gasteiger charge is 2.45. The van der Waals surface area contributed by atoms with Gasteiger partial charge in [-0.1, -0.05) is 12.1 Å². The van der Waals surface area contributed by atoms with Crippen molar-refractivity contribution >= 4 is 31.0 Å². The molecule has 1 fully saturated rings. The topological polar surface area (TPSA) is 98.8 Å². The van der Waals surface area contributed by atoms with Crippen molar-refractivity contribution in [2.45, 2.75) is 22.0 Å². The van der Waals surface area contributed by atoms with E-state index in [-0.39, 0.29) is 15.7 Å². The predicted molar refractivity (Wildman–Crippen MR) is 104 cm³/mol. The molecule has 0 spiro atoms. The van der Waals surface area contributed by atoms with E-state index in [1.807, 2.05) is 6.07 Å². The Kier molecular flexibility index (Phi) is 5.80. The number of hydrogen-bond acceptors (Lipinski definition) is 8. The molecule has 2 unspecified atom stereocenters. The van der Waals surface area contributed by atoms with E-state index in [4.69, 9.17) is 9.47 Å². The van der Waals surface area contributed by atoms with Gasteiger partial charge in [-0.2, -0.15) is 0 Å². The van der Waals surface area contributed by atoms with E-state index in [1.54, 1.807) is 30.7 Å². The minimum absolute atomic E-state index is 0.197. The lowest BCUT2D eigenvalue weighted by atomic mass is 10.1.